The van der Waals surface area contributed by atoms with E-state index >= 15 is 0 Å². The Morgan fingerprint density at radius 3 is 1.72 bits per heavy atom. The highest BCUT2D eigenvalue weighted by Gasteiger charge is 2.23. The first kappa shape index (κ1) is 27.4. The first-order chi connectivity index (χ1) is 23.4. The number of para-hydroxylation sites is 5. The maximum Gasteiger partial charge on any atom is 0.0727 e. The molecule has 0 fully saturated rings. The average Bonchev–Trinajstić information content (AvgIpc) is 3.68. The highest BCUT2D eigenvalue weighted by Crippen LogP contribution is 2.49. The van der Waals surface area contributed by atoms with Crippen molar-refractivity contribution >= 4 is 59.6 Å². The van der Waals surface area contributed by atoms with Crippen molar-refractivity contribution in [3.05, 3.63) is 182 Å². The monoisotopic (exact) mass is 618 g/mol. The molecule has 0 bridgehead atoms. The summed E-state index contributed by atoms with van der Waals surface area (Å²) in [5.41, 5.74) is 11.9. The van der Waals surface area contributed by atoms with E-state index < -0.39 is 0 Å². The van der Waals surface area contributed by atoms with Crippen LogP contribution in [0.5, 0.6) is 0 Å². The van der Waals surface area contributed by atoms with Gasteiger partial charge in [-0.3, -0.25) is 0 Å². The zero-order valence-electron chi connectivity index (χ0n) is 25.6. The van der Waals surface area contributed by atoms with Crippen molar-refractivity contribution in [2.24, 2.45) is 0 Å². The summed E-state index contributed by atoms with van der Waals surface area (Å²) in [6.07, 6.45) is 0. The van der Waals surface area contributed by atoms with Gasteiger partial charge in [-0.2, -0.15) is 0 Å². The van der Waals surface area contributed by atoms with Crippen molar-refractivity contribution in [3.63, 3.8) is 0 Å². The van der Waals surface area contributed by atoms with Crippen LogP contribution in [0.2, 0.25) is 0 Å². The van der Waals surface area contributed by atoms with Gasteiger partial charge in [0.2, 0.25) is 0 Å². The third kappa shape index (κ3) is 4.55. The summed E-state index contributed by atoms with van der Waals surface area (Å²) < 4.78 is 5.05. The van der Waals surface area contributed by atoms with Gasteiger partial charge in [-0.15, -0.1) is 11.3 Å². The minimum atomic E-state index is 1.12. The molecular formula is C44H30N2S. The lowest BCUT2D eigenvalue weighted by Crippen LogP contribution is -2.12. The molecule has 0 radical (unpaired) electrons. The highest BCUT2D eigenvalue weighted by molar-refractivity contribution is 7.27. The van der Waals surface area contributed by atoms with Gasteiger partial charge in [0.15, 0.2) is 0 Å². The van der Waals surface area contributed by atoms with Crippen LogP contribution in [0.15, 0.2) is 182 Å². The molecule has 0 saturated carbocycles. The molecule has 3 heteroatoms. The third-order valence-electron chi connectivity index (χ3n) is 9.00. The summed E-state index contributed by atoms with van der Waals surface area (Å²) in [5.74, 6) is 0. The van der Waals surface area contributed by atoms with E-state index in [0.717, 1.165) is 17.1 Å². The van der Waals surface area contributed by atoms with Gasteiger partial charge in [0.1, 0.15) is 0 Å². The minimum Gasteiger partial charge on any atom is -0.309 e. The molecule has 9 aromatic rings. The molecule has 0 unspecified atom stereocenters. The lowest BCUT2D eigenvalue weighted by molar-refractivity contribution is 1.19. The fraction of sp³-hybridized carbons (Fsp3) is 0. The smallest absolute Gasteiger partial charge is 0.0727 e. The number of aromatic nitrogens is 1. The second-order valence-electron chi connectivity index (χ2n) is 11.7. The molecular weight excluding hydrogens is 589 g/mol. The number of fused-ring (bicyclic) bond motifs is 5. The number of nitrogens with zero attached hydrogens (tertiary/aromatic N) is 2. The van der Waals surface area contributed by atoms with E-state index in [-0.39, 0.29) is 0 Å². The molecule has 2 nitrogen and oxygen atoms in total. The molecule has 9 rings (SSSR count). The van der Waals surface area contributed by atoms with Crippen LogP contribution in [0.3, 0.4) is 0 Å². The molecule has 0 aliphatic rings. The summed E-state index contributed by atoms with van der Waals surface area (Å²) in [6.45, 7) is 0. The summed E-state index contributed by atoms with van der Waals surface area (Å²) in [5, 5.41) is 2.56. The second-order valence-corrected chi connectivity index (χ2v) is 12.7. The van der Waals surface area contributed by atoms with Crippen LogP contribution in [0.1, 0.15) is 0 Å². The van der Waals surface area contributed by atoms with E-state index in [1.54, 1.807) is 0 Å². The van der Waals surface area contributed by atoms with Gasteiger partial charge in [0.25, 0.3) is 0 Å². The first-order valence-electron chi connectivity index (χ1n) is 16.0. The minimum absolute atomic E-state index is 1.12. The Bertz CT molecular complexity index is 2510. The van der Waals surface area contributed by atoms with Crippen molar-refractivity contribution in [1.82, 2.24) is 4.57 Å². The highest BCUT2D eigenvalue weighted by atomic mass is 32.1. The molecule has 0 spiro atoms. The maximum absolute atomic E-state index is 2.44. The molecule has 0 aliphatic heterocycles. The predicted octanol–water partition coefficient (Wildman–Crippen LogP) is 12.8. The molecule has 0 N–H and O–H groups in total. The van der Waals surface area contributed by atoms with Crippen LogP contribution in [0.25, 0.3) is 59.1 Å². The molecule has 47 heavy (non-hydrogen) atoms. The Balaban J connectivity index is 1.32. The summed E-state index contributed by atoms with van der Waals surface area (Å²) in [6, 6.07) is 65.3. The van der Waals surface area contributed by atoms with Crippen molar-refractivity contribution < 1.29 is 0 Å². The van der Waals surface area contributed by atoms with Crippen LogP contribution < -0.4 is 4.90 Å². The third-order valence-corrected chi connectivity index (χ3v) is 10.3. The quantitative estimate of drug-likeness (QED) is 0.180. The van der Waals surface area contributed by atoms with Crippen molar-refractivity contribution in [2.45, 2.75) is 0 Å². The van der Waals surface area contributed by atoms with E-state index in [0.29, 0.717) is 0 Å². The summed E-state index contributed by atoms with van der Waals surface area (Å²) in [7, 11) is 0. The Labute approximate surface area is 278 Å². The maximum atomic E-state index is 2.44. The summed E-state index contributed by atoms with van der Waals surface area (Å²) >= 11 is 1.90. The number of anilines is 3. The molecule has 7 aromatic carbocycles. The molecule has 0 aliphatic carbocycles. The van der Waals surface area contributed by atoms with Gasteiger partial charge in [0, 0.05) is 43.5 Å². The number of hydrogen-bond acceptors (Lipinski definition) is 2. The van der Waals surface area contributed by atoms with Gasteiger partial charge in [-0.25, -0.2) is 0 Å². The molecule has 0 amide bonds. The Kier molecular flexibility index (Phi) is 6.69. The van der Waals surface area contributed by atoms with Gasteiger partial charge in [0.05, 0.1) is 27.1 Å². The van der Waals surface area contributed by atoms with E-state index in [9.17, 15) is 0 Å². The van der Waals surface area contributed by atoms with Crippen LogP contribution in [-0.2, 0) is 0 Å². The zero-order valence-corrected chi connectivity index (χ0v) is 26.4. The lowest BCUT2D eigenvalue weighted by Gasteiger charge is -2.30. The SMILES string of the molecule is c1ccc(-c2ccccc2N(c2ccccc2)c2ccccc2-c2cccc3c2sc2c4ccccc4n(-c4ccccc4)c32)cc1. The van der Waals surface area contributed by atoms with Crippen molar-refractivity contribution in [1.29, 1.82) is 0 Å². The lowest BCUT2D eigenvalue weighted by atomic mass is 9.98. The van der Waals surface area contributed by atoms with Crippen LogP contribution in [0.4, 0.5) is 17.1 Å². The van der Waals surface area contributed by atoms with Crippen molar-refractivity contribution in [2.75, 3.05) is 4.90 Å². The normalized spacial score (nSPS) is 11.4. The number of benzene rings is 7. The molecule has 2 heterocycles. The zero-order chi connectivity index (χ0) is 31.2. The number of rotatable bonds is 6. The molecule has 0 saturated heterocycles. The second kappa shape index (κ2) is 11.5. The van der Waals surface area contributed by atoms with Gasteiger partial charge >= 0.3 is 0 Å². The topological polar surface area (TPSA) is 8.17 Å². The van der Waals surface area contributed by atoms with Crippen LogP contribution >= 0.6 is 11.3 Å². The van der Waals surface area contributed by atoms with Crippen LogP contribution in [-0.4, -0.2) is 4.57 Å². The number of hydrogen-bond donors (Lipinski definition) is 0. The van der Waals surface area contributed by atoms with Crippen molar-refractivity contribution in [3.8, 4) is 27.9 Å². The molecule has 0 atom stereocenters. The molecule has 222 valence electrons. The van der Waals surface area contributed by atoms with Gasteiger partial charge in [-0.05, 0) is 48.0 Å². The van der Waals surface area contributed by atoms with E-state index in [1.165, 1.54) is 59.1 Å². The Morgan fingerprint density at radius 2 is 0.957 bits per heavy atom. The van der Waals surface area contributed by atoms with E-state index in [2.05, 4.69) is 191 Å². The summed E-state index contributed by atoms with van der Waals surface area (Å²) in [4.78, 5) is 2.42. The Morgan fingerprint density at radius 1 is 0.404 bits per heavy atom. The first-order valence-corrected chi connectivity index (χ1v) is 16.8. The van der Waals surface area contributed by atoms with E-state index in [4.69, 9.17) is 0 Å². The van der Waals surface area contributed by atoms with E-state index in [1.807, 2.05) is 11.3 Å². The largest absolute Gasteiger partial charge is 0.309 e. The predicted molar refractivity (Wildman–Crippen MR) is 202 cm³/mol. The van der Waals surface area contributed by atoms with Gasteiger partial charge in [-0.1, -0.05) is 140 Å². The standard InChI is InChI=1S/C44H30N2S/c1-4-17-31(18-5-1)34-23-10-13-28-39(34)45(32-19-6-2-7-20-32)40-29-14-11-24-35(40)36-26-16-27-38-42-44(47-43(36)38)37-25-12-15-30-41(37)46(42)33-21-8-3-9-22-33/h1-30H. The van der Waals surface area contributed by atoms with Gasteiger partial charge < -0.3 is 9.47 Å². The Hall–Kier alpha value is -5.90. The fourth-order valence-corrected chi connectivity index (χ4v) is 8.31. The molecule has 2 aromatic heterocycles. The number of thiophene rings is 1. The average molecular weight is 619 g/mol. The van der Waals surface area contributed by atoms with Crippen LogP contribution in [0, 0.1) is 0 Å². The fourth-order valence-electron chi connectivity index (χ4n) is 6.96.